The lowest BCUT2D eigenvalue weighted by Crippen LogP contribution is -2.35. The second-order valence-corrected chi connectivity index (χ2v) is 6.84. The van der Waals surface area contributed by atoms with Gasteiger partial charge >= 0.3 is 5.97 Å². The summed E-state index contributed by atoms with van der Waals surface area (Å²) in [5, 5.41) is 18.7. The van der Waals surface area contributed by atoms with Crippen molar-refractivity contribution >= 4 is 29.2 Å². The van der Waals surface area contributed by atoms with Gasteiger partial charge in [-0.1, -0.05) is 6.07 Å². The number of aliphatic carboxylic acids is 1. The number of rotatable bonds is 6. The van der Waals surface area contributed by atoms with E-state index < -0.39 is 11.5 Å². The summed E-state index contributed by atoms with van der Waals surface area (Å²) >= 11 is 0. The molecule has 1 aliphatic rings. The van der Waals surface area contributed by atoms with Crippen LogP contribution in [0.4, 0.5) is 11.4 Å². The highest BCUT2D eigenvalue weighted by Gasteiger charge is 2.31. The van der Waals surface area contributed by atoms with Gasteiger partial charge in [0.2, 0.25) is 5.91 Å². The molecule has 136 valence electrons. The molecule has 8 nitrogen and oxygen atoms in total. The lowest BCUT2D eigenvalue weighted by atomic mass is 10.1. The van der Waals surface area contributed by atoms with Crippen molar-refractivity contribution < 1.29 is 19.5 Å². The van der Waals surface area contributed by atoms with Gasteiger partial charge in [0.05, 0.1) is 11.9 Å². The van der Waals surface area contributed by atoms with Crippen LogP contribution in [0.25, 0.3) is 0 Å². The number of carboxylic acids is 1. The van der Waals surface area contributed by atoms with Gasteiger partial charge in [-0.05, 0) is 44.9 Å². The fraction of sp³-hybridized carbons (Fsp3) is 0.333. The highest BCUT2D eigenvalue weighted by atomic mass is 16.4. The van der Waals surface area contributed by atoms with Crippen LogP contribution in [0.1, 0.15) is 37.0 Å². The van der Waals surface area contributed by atoms with E-state index in [9.17, 15) is 19.5 Å². The molecule has 0 saturated heterocycles. The molecule has 3 rings (SSSR count). The maximum absolute atomic E-state index is 12.4. The fourth-order valence-electron chi connectivity index (χ4n) is 2.32. The number of nitrogens with one attached hydrogen (secondary N) is 2. The van der Waals surface area contributed by atoms with E-state index in [4.69, 9.17) is 0 Å². The van der Waals surface area contributed by atoms with E-state index in [2.05, 4.69) is 15.7 Å². The first kappa shape index (κ1) is 17.7. The number of benzene rings is 1. The minimum Gasteiger partial charge on any atom is -0.479 e. The van der Waals surface area contributed by atoms with Crippen molar-refractivity contribution in [3.05, 3.63) is 42.2 Å². The summed E-state index contributed by atoms with van der Waals surface area (Å²) in [7, 11) is 0. The Bertz CT molecular complexity index is 868. The minimum atomic E-state index is -1.23. The SMILES string of the molecule is CC(C)(C(=O)O)n1cc(NC(=O)c2cccc(NC(=O)C3CC3)c2)cn1. The maximum Gasteiger partial charge on any atom is 0.331 e. The normalized spacial score (nSPS) is 13.9. The van der Waals surface area contributed by atoms with Crippen molar-refractivity contribution in [2.45, 2.75) is 32.2 Å². The molecule has 8 heteroatoms. The molecule has 0 aliphatic heterocycles. The van der Waals surface area contributed by atoms with E-state index in [1.54, 1.807) is 24.3 Å². The standard InChI is InChI=1S/C18H20N4O4/c1-18(2,17(25)26)22-10-14(9-19-22)21-16(24)12-4-3-5-13(8-12)20-15(23)11-6-7-11/h3-5,8-11H,6-7H2,1-2H3,(H,20,23)(H,21,24)(H,25,26). The smallest absolute Gasteiger partial charge is 0.331 e. The molecule has 1 fully saturated rings. The van der Waals surface area contributed by atoms with Crippen molar-refractivity contribution in [3.8, 4) is 0 Å². The number of anilines is 2. The highest BCUT2D eigenvalue weighted by molar-refractivity contribution is 6.05. The molecule has 0 unspecified atom stereocenters. The van der Waals surface area contributed by atoms with Crippen LogP contribution in [0.2, 0.25) is 0 Å². The summed E-state index contributed by atoms with van der Waals surface area (Å²) < 4.78 is 1.28. The Hall–Kier alpha value is -3.16. The summed E-state index contributed by atoms with van der Waals surface area (Å²) in [6.07, 6.45) is 4.66. The van der Waals surface area contributed by atoms with Crippen molar-refractivity contribution in [1.82, 2.24) is 9.78 Å². The molecule has 1 heterocycles. The van der Waals surface area contributed by atoms with Gasteiger partial charge in [-0.25, -0.2) is 4.79 Å². The number of nitrogens with zero attached hydrogens (tertiary/aromatic N) is 2. The van der Waals surface area contributed by atoms with Gasteiger partial charge in [0.15, 0.2) is 5.54 Å². The highest BCUT2D eigenvalue weighted by Crippen LogP contribution is 2.30. The summed E-state index contributed by atoms with van der Waals surface area (Å²) in [5.74, 6) is -1.35. The Morgan fingerprint density at radius 2 is 1.92 bits per heavy atom. The quantitative estimate of drug-likeness (QED) is 0.735. The van der Waals surface area contributed by atoms with Gasteiger partial charge < -0.3 is 15.7 Å². The Labute approximate surface area is 150 Å². The van der Waals surface area contributed by atoms with E-state index in [1.807, 2.05) is 0 Å². The third-order valence-electron chi connectivity index (χ3n) is 4.28. The molecule has 0 radical (unpaired) electrons. The van der Waals surface area contributed by atoms with E-state index in [0.717, 1.165) is 12.8 Å². The molecule has 0 spiro atoms. The number of hydrogen-bond donors (Lipinski definition) is 3. The molecule has 1 saturated carbocycles. The van der Waals surface area contributed by atoms with Gasteiger partial charge in [-0.15, -0.1) is 0 Å². The molecule has 2 aromatic rings. The second kappa shape index (κ2) is 6.62. The summed E-state index contributed by atoms with van der Waals surface area (Å²) in [6, 6.07) is 6.65. The number of hydrogen-bond acceptors (Lipinski definition) is 4. The fourth-order valence-corrected chi connectivity index (χ4v) is 2.32. The van der Waals surface area contributed by atoms with Gasteiger partial charge in [-0.2, -0.15) is 5.10 Å². The third-order valence-corrected chi connectivity index (χ3v) is 4.28. The summed E-state index contributed by atoms with van der Waals surface area (Å²) in [5.41, 5.74) is 0.105. The van der Waals surface area contributed by atoms with Crippen LogP contribution >= 0.6 is 0 Å². The molecule has 3 N–H and O–H groups in total. The largest absolute Gasteiger partial charge is 0.479 e. The molecule has 1 aliphatic carbocycles. The molecule has 1 aromatic heterocycles. The molecule has 0 bridgehead atoms. The average molecular weight is 356 g/mol. The predicted molar refractivity (Wildman–Crippen MR) is 94.9 cm³/mol. The Morgan fingerprint density at radius 1 is 1.19 bits per heavy atom. The molecule has 0 atom stereocenters. The van der Waals surface area contributed by atoms with Crippen molar-refractivity contribution in [1.29, 1.82) is 0 Å². The zero-order chi connectivity index (χ0) is 18.9. The van der Waals surface area contributed by atoms with E-state index in [0.29, 0.717) is 16.9 Å². The zero-order valence-corrected chi connectivity index (χ0v) is 14.5. The topological polar surface area (TPSA) is 113 Å². The van der Waals surface area contributed by atoms with Crippen LogP contribution in [0.5, 0.6) is 0 Å². The van der Waals surface area contributed by atoms with Crippen LogP contribution in [0, 0.1) is 5.92 Å². The number of aromatic nitrogens is 2. The number of amides is 2. The van der Waals surface area contributed by atoms with Crippen LogP contribution in [0.3, 0.4) is 0 Å². The molecule has 26 heavy (non-hydrogen) atoms. The summed E-state index contributed by atoms with van der Waals surface area (Å²) in [4.78, 5) is 35.5. The first-order valence-electron chi connectivity index (χ1n) is 8.28. The first-order valence-corrected chi connectivity index (χ1v) is 8.28. The molecular formula is C18H20N4O4. The maximum atomic E-state index is 12.4. The van der Waals surface area contributed by atoms with E-state index in [1.165, 1.54) is 30.9 Å². The van der Waals surface area contributed by atoms with Crippen LogP contribution < -0.4 is 10.6 Å². The monoisotopic (exact) mass is 356 g/mol. The van der Waals surface area contributed by atoms with Gasteiger partial charge in [0.25, 0.3) is 5.91 Å². The Kier molecular flexibility index (Phi) is 4.50. The van der Waals surface area contributed by atoms with Gasteiger partial charge in [0.1, 0.15) is 0 Å². The van der Waals surface area contributed by atoms with E-state index >= 15 is 0 Å². The van der Waals surface area contributed by atoms with E-state index in [-0.39, 0.29) is 17.7 Å². The molecule has 1 aromatic carbocycles. The molecule has 2 amide bonds. The molecular weight excluding hydrogens is 336 g/mol. The van der Waals surface area contributed by atoms with Gasteiger partial charge in [-0.3, -0.25) is 14.3 Å². The summed E-state index contributed by atoms with van der Waals surface area (Å²) in [6.45, 7) is 3.03. The Balaban J connectivity index is 1.69. The van der Waals surface area contributed by atoms with Crippen LogP contribution in [0.15, 0.2) is 36.7 Å². The lowest BCUT2D eigenvalue weighted by molar-refractivity contribution is -0.146. The average Bonchev–Trinajstić information content (AvgIpc) is 3.34. The zero-order valence-electron chi connectivity index (χ0n) is 14.5. The van der Waals surface area contributed by atoms with Crippen molar-refractivity contribution in [3.63, 3.8) is 0 Å². The second-order valence-electron chi connectivity index (χ2n) is 6.84. The Morgan fingerprint density at radius 3 is 2.58 bits per heavy atom. The lowest BCUT2D eigenvalue weighted by Gasteiger charge is -2.19. The first-order chi connectivity index (χ1) is 12.3. The number of carbonyl (C=O) groups is 3. The number of carboxylic acid groups (broad SMARTS) is 1. The number of carbonyl (C=O) groups excluding carboxylic acids is 2. The van der Waals surface area contributed by atoms with Crippen molar-refractivity contribution in [2.24, 2.45) is 5.92 Å². The minimum absolute atomic E-state index is 0.0280. The third kappa shape index (κ3) is 3.74. The van der Waals surface area contributed by atoms with Crippen LogP contribution in [-0.2, 0) is 15.1 Å². The van der Waals surface area contributed by atoms with Crippen molar-refractivity contribution in [2.75, 3.05) is 10.6 Å². The van der Waals surface area contributed by atoms with Gasteiger partial charge in [0, 0.05) is 23.4 Å². The van der Waals surface area contributed by atoms with Crippen LogP contribution in [-0.4, -0.2) is 32.7 Å². The predicted octanol–water partition coefficient (Wildman–Crippen LogP) is 2.30.